The fourth-order valence-corrected chi connectivity index (χ4v) is 4.72. The number of nitrogens with two attached hydrogens (primary N) is 1. The number of fused-ring (bicyclic) bond motifs is 1. The SMILES string of the molecule is O=C(NC1CCCC1)C1CCN(C(=O)[C@@H]2Cc3ccccc3C[NH2+]2)CC1. The van der Waals surface area contributed by atoms with Gasteiger partial charge in [-0.15, -0.1) is 0 Å². The molecule has 2 heterocycles. The van der Waals surface area contributed by atoms with Gasteiger partial charge >= 0.3 is 0 Å². The summed E-state index contributed by atoms with van der Waals surface area (Å²) < 4.78 is 0. The van der Waals surface area contributed by atoms with Gasteiger partial charge in [0.15, 0.2) is 6.04 Å². The zero-order valence-corrected chi connectivity index (χ0v) is 15.5. The number of likely N-dealkylation sites (tertiary alicyclic amines) is 1. The Morgan fingerprint density at radius 2 is 1.69 bits per heavy atom. The van der Waals surface area contributed by atoms with Gasteiger partial charge in [-0.3, -0.25) is 9.59 Å². The lowest BCUT2D eigenvalue weighted by Gasteiger charge is -2.34. The molecule has 2 aliphatic heterocycles. The smallest absolute Gasteiger partial charge is 0.281 e. The molecule has 140 valence electrons. The van der Waals surface area contributed by atoms with E-state index in [2.05, 4.69) is 34.9 Å². The molecule has 4 rings (SSSR count). The summed E-state index contributed by atoms with van der Waals surface area (Å²) in [4.78, 5) is 27.3. The molecule has 2 fully saturated rings. The molecule has 0 radical (unpaired) electrons. The zero-order chi connectivity index (χ0) is 17.9. The van der Waals surface area contributed by atoms with Crippen LogP contribution in [0.25, 0.3) is 0 Å². The maximum absolute atomic E-state index is 12.9. The molecule has 0 unspecified atom stereocenters. The number of piperidine rings is 1. The van der Waals surface area contributed by atoms with Gasteiger partial charge in [0.2, 0.25) is 5.91 Å². The second-order valence-electron chi connectivity index (χ2n) is 8.11. The van der Waals surface area contributed by atoms with Crippen molar-refractivity contribution in [3.63, 3.8) is 0 Å². The van der Waals surface area contributed by atoms with Gasteiger partial charge in [0.25, 0.3) is 5.91 Å². The van der Waals surface area contributed by atoms with Crippen molar-refractivity contribution in [2.75, 3.05) is 13.1 Å². The topological polar surface area (TPSA) is 66.0 Å². The lowest BCUT2D eigenvalue weighted by molar-refractivity contribution is -0.695. The molecule has 3 N–H and O–H groups in total. The van der Waals surface area contributed by atoms with Gasteiger partial charge < -0.3 is 15.5 Å². The van der Waals surface area contributed by atoms with Crippen molar-refractivity contribution in [3.05, 3.63) is 35.4 Å². The normalized spacial score (nSPS) is 24.3. The molecular formula is C21H30N3O2+. The van der Waals surface area contributed by atoms with Crippen LogP contribution >= 0.6 is 0 Å². The number of rotatable bonds is 3. The average molecular weight is 356 g/mol. The van der Waals surface area contributed by atoms with E-state index in [9.17, 15) is 9.59 Å². The molecular weight excluding hydrogens is 326 g/mol. The number of nitrogens with one attached hydrogen (secondary N) is 1. The van der Waals surface area contributed by atoms with Gasteiger partial charge in [-0.1, -0.05) is 37.1 Å². The summed E-state index contributed by atoms with van der Waals surface area (Å²) in [5, 5.41) is 5.39. The molecule has 5 nitrogen and oxygen atoms in total. The predicted octanol–water partition coefficient (Wildman–Crippen LogP) is 0.972. The molecule has 5 heteroatoms. The third-order valence-electron chi connectivity index (χ3n) is 6.38. The van der Waals surface area contributed by atoms with Gasteiger partial charge in [-0.25, -0.2) is 0 Å². The lowest BCUT2D eigenvalue weighted by Crippen LogP contribution is -2.93. The Hall–Kier alpha value is -1.88. The molecule has 2 amide bonds. The minimum absolute atomic E-state index is 0.00577. The van der Waals surface area contributed by atoms with Crippen molar-refractivity contribution < 1.29 is 14.9 Å². The Balaban J connectivity index is 1.28. The zero-order valence-electron chi connectivity index (χ0n) is 15.5. The molecule has 1 saturated carbocycles. The fourth-order valence-electron chi connectivity index (χ4n) is 4.72. The van der Waals surface area contributed by atoms with E-state index in [0.717, 1.165) is 38.6 Å². The van der Waals surface area contributed by atoms with E-state index < -0.39 is 0 Å². The number of carbonyl (C=O) groups excluding carboxylic acids is 2. The molecule has 0 aromatic heterocycles. The summed E-state index contributed by atoms with van der Waals surface area (Å²) in [6.07, 6.45) is 7.14. The van der Waals surface area contributed by atoms with E-state index in [0.29, 0.717) is 19.1 Å². The first kappa shape index (κ1) is 17.5. The van der Waals surface area contributed by atoms with Crippen molar-refractivity contribution in [2.24, 2.45) is 5.92 Å². The quantitative estimate of drug-likeness (QED) is 0.848. The molecule has 1 saturated heterocycles. The molecule has 3 aliphatic rings. The summed E-state index contributed by atoms with van der Waals surface area (Å²) in [5.41, 5.74) is 2.65. The van der Waals surface area contributed by atoms with Gasteiger partial charge in [-0.05, 0) is 31.2 Å². The van der Waals surface area contributed by atoms with Crippen molar-refractivity contribution >= 4 is 11.8 Å². The Morgan fingerprint density at radius 3 is 2.42 bits per heavy atom. The molecule has 1 aromatic rings. The number of hydrogen-bond acceptors (Lipinski definition) is 2. The summed E-state index contributed by atoms with van der Waals surface area (Å²) in [6.45, 7) is 2.31. The highest BCUT2D eigenvalue weighted by Crippen LogP contribution is 2.22. The van der Waals surface area contributed by atoms with E-state index in [4.69, 9.17) is 0 Å². The van der Waals surface area contributed by atoms with Crippen LogP contribution in [0.5, 0.6) is 0 Å². The van der Waals surface area contributed by atoms with Gasteiger partial charge in [0.05, 0.1) is 0 Å². The minimum atomic E-state index is -0.00577. The summed E-state index contributed by atoms with van der Waals surface area (Å²) >= 11 is 0. The number of benzene rings is 1. The number of amides is 2. The van der Waals surface area contributed by atoms with E-state index >= 15 is 0 Å². The Morgan fingerprint density at radius 1 is 1.00 bits per heavy atom. The highest BCUT2D eigenvalue weighted by Gasteiger charge is 2.35. The number of carbonyl (C=O) groups is 2. The first-order valence-electron chi connectivity index (χ1n) is 10.2. The van der Waals surface area contributed by atoms with E-state index in [1.807, 2.05) is 4.90 Å². The second-order valence-corrected chi connectivity index (χ2v) is 8.11. The number of hydrogen-bond donors (Lipinski definition) is 2. The van der Waals surface area contributed by atoms with Crippen LogP contribution in [0.2, 0.25) is 0 Å². The molecule has 1 aromatic carbocycles. The maximum atomic E-state index is 12.9. The van der Waals surface area contributed by atoms with Crippen LogP contribution in [0.1, 0.15) is 49.7 Å². The van der Waals surface area contributed by atoms with Crippen LogP contribution in [0, 0.1) is 5.92 Å². The van der Waals surface area contributed by atoms with Crippen LogP contribution in [-0.2, 0) is 22.6 Å². The minimum Gasteiger partial charge on any atom is -0.353 e. The van der Waals surface area contributed by atoms with E-state index in [-0.39, 0.29) is 23.8 Å². The van der Waals surface area contributed by atoms with Crippen LogP contribution in [0.3, 0.4) is 0 Å². The van der Waals surface area contributed by atoms with Crippen LogP contribution in [-0.4, -0.2) is 41.9 Å². The van der Waals surface area contributed by atoms with Crippen molar-refractivity contribution in [1.82, 2.24) is 10.2 Å². The Labute approximate surface area is 155 Å². The summed E-state index contributed by atoms with van der Waals surface area (Å²) in [6, 6.07) is 8.80. The Kier molecular flexibility index (Phi) is 5.25. The van der Waals surface area contributed by atoms with Crippen LogP contribution in [0.15, 0.2) is 24.3 Å². The monoisotopic (exact) mass is 356 g/mol. The largest absolute Gasteiger partial charge is 0.353 e. The van der Waals surface area contributed by atoms with Crippen LogP contribution in [0.4, 0.5) is 0 Å². The molecule has 0 bridgehead atoms. The standard InChI is InChI=1S/C21H29N3O2/c25-20(23-18-7-3-4-8-18)15-9-11-24(12-10-15)21(26)19-13-16-5-1-2-6-17(16)14-22-19/h1-2,5-6,15,18-19,22H,3-4,7-14H2,(H,23,25)/p+1/t19-/m0/s1. The molecule has 1 atom stereocenters. The molecule has 26 heavy (non-hydrogen) atoms. The summed E-state index contributed by atoms with van der Waals surface area (Å²) in [5.74, 6) is 0.534. The van der Waals surface area contributed by atoms with Gasteiger partial charge in [0, 0.05) is 37.0 Å². The van der Waals surface area contributed by atoms with Crippen molar-refractivity contribution in [2.45, 2.75) is 63.6 Å². The third kappa shape index (κ3) is 3.78. The number of nitrogens with zero attached hydrogens (tertiary/aromatic N) is 1. The fraction of sp³-hybridized carbons (Fsp3) is 0.619. The predicted molar refractivity (Wildman–Crippen MR) is 99.3 cm³/mol. The highest BCUT2D eigenvalue weighted by molar-refractivity contribution is 5.82. The first-order chi connectivity index (χ1) is 12.7. The van der Waals surface area contributed by atoms with Gasteiger partial charge in [0.1, 0.15) is 6.54 Å². The van der Waals surface area contributed by atoms with Gasteiger partial charge in [-0.2, -0.15) is 0 Å². The number of quaternary nitrogens is 1. The van der Waals surface area contributed by atoms with E-state index in [1.54, 1.807) is 0 Å². The first-order valence-corrected chi connectivity index (χ1v) is 10.2. The molecule has 0 spiro atoms. The third-order valence-corrected chi connectivity index (χ3v) is 6.38. The second kappa shape index (κ2) is 7.78. The van der Waals surface area contributed by atoms with Crippen LogP contribution < -0.4 is 10.6 Å². The van der Waals surface area contributed by atoms with Crippen molar-refractivity contribution in [3.8, 4) is 0 Å². The summed E-state index contributed by atoms with van der Waals surface area (Å²) in [7, 11) is 0. The van der Waals surface area contributed by atoms with Crippen molar-refractivity contribution in [1.29, 1.82) is 0 Å². The lowest BCUT2D eigenvalue weighted by atomic mass is 9.92. The molecule has 1 aliphatic carbocycles. The maximum Gasteiger partial charge on any atom is 0.281 e. The highest BCUT2D eigenvalue weighted by atomic mass is 16.2. The van der Waals surface area contributed by atoms with E-state index in [1.165, 1.54) is 24.0 Å². The Bertz CT molecular complexity index is 661. The average Bonchev–Trinajstić information content (AvgIpc) is 3.20.